The average Bonchev–Trinajstić information content (AvgIpc) is 3.14. The molecule has 1 aromatic carbocycles. The summed E-state index contributed by atoms with van der Waals surface area (Å²) in [7, 11) is 1.38. The van der Waals surface area contributed by atoms with E-state index in [1.54, 1.807) is 6.92 Å². The fraction of sp³-hybridized carbons (Fsp3) is 0.444. The summed E-state index contributed by atoms with van der Waals surface area (Å²) in [5.74, 6) is -0.648. The number of hydrogen-bond donors (Lipinski definition) is 3. The molecular formula is C18H21ClN2O6. The highest BCUT2D eigenvalue weighted by molar-refractivity contribution is 6.32. The number of amides is 2. The van der Waals surface area contributed by atoms with Crippen LogP contribution >= 0.6 is 11.6 Å². The zero-order valence-electron chi connectivity index (χ0n) is 15.0. The van der Waals surface area contributed by atoms with Crippen LogP contribution in [0, 0.1) is 0 Å². The number of methoxy groups -OCH3 is 1. The maximum absolute atomic E-state index is 12.7. The molecule has 3 rings (SSSR count). The van der Waals surface area contributed by atoms with Gasteiger partial charge in [0.1, 0.15) is 6.61 Å². The van der Waals surface area contributed by atoms with Crippen LogP contribution in [0.5, 0.6) is 11.5 Å². The van der Waals surface area contributed by atoms with Gasteiger partial charge in [-0.1, -0.05) is 11.6 Å². The fourth-order valence-electron chi connectivity index (χ4n) is 3.15. The molecule has 0 aromatic heterocycles. The highest BCUT2D eigenvalue weighted by Crippen LogP contribution is 2.39. The van der Waals surface area contributed by atoms with Crippen LogP contribution in [0.1, 0.15) is 31.4 Å². The van der Waals surface area contributed by atoms with Gasteiger partial charge in [-0.3, -0.25) is 0 Å². The van der Waals surface area contributed by atoms with Crippen molar-refractivity contribution < 1.29 is 28.9 Å². The lowest BCUT2D eigenvalue weighted by Crippen LogP contribution is -2.45. The lowest BCUT2D eigenvalue weighted by Gasteiger charge is -2.28. The molecule has 2 heterocycles. The number of ether oxygens (including phenoxy) is 3. The summed E-state index contributed by atoms with van der Waals surface area (Å²) in [6.07, 6.45) is 1.67. The van der Waals surface area contributed by atoms with Crippen molar-refractivity contribution in [3.05, 3.63) is 34.0 Å². The Bertz CT molecular complexity index is 788. The second-order valence-corrected chi connectivity index (χ2v) is 6.76. The van der Waals surface area contributed by atoms with Crippen LogP contribution in [0.25, 0.3) is 0 Å². The SMILES string of the molecule is COc1cc([C@H]2NC(=O)NC(C)=C2C(=O)OC[C@H]2CCCO2)cc(Cl)c1O. The summed E-state index contributed by atoms with van der Waals surface area (Å²) in [5.41, 5.74) is 1.11. The summed E-state index contributed by atoms with van der Waals surface area (Å²) < 4.78 is 16.0. The van der Waals surface area contributed by atoms with E-state index in [2.05, 4.69) is 10.6 Å². The summed E-state index contributed by atoms with van der Waals surface area (Å²) in [4.78, 5) is 24.7. The van der Waals surface area contributed by atoms with Gasteiger partial charge in [0.15, 0.2) is 11.5 Å². The zero-order valence-corrected chi connectivity index (χ0v) is 15.8. The van der Waals surface area contributed by atoms with Crippen molar-refractivity contribution in [1.82, 2.24) is 10.6 Å². The van der Waals surface area contributed by atoms with E-state index in [1.807, 2.05) is 0 Å². The molecule has 3 N–H and O–H groups in total. The predicted molar refractivity (Wildman–Crippen MR) is 96.7 cm³/mol. The van der Waals surface area contributed by atoms with Crippen molar-refractivity contribution in [2.75, 3.05) is 20.3 Å². The number of aromatic hydroxyl groups is 1. The van der Waals surface area contributed by atoms with Crippen LogP contribution in [0.2, 0.25) is 5.02 Å². The molecule has 2 aliphatic heterocycles. The van der Waals surface area contributed by atoms with Gasteiger partial charge in [-0.25, -0.2) is 9.59 Å². The largest absolute Gasteiger partial charge is 0.503 e. The number of urea groups is 1. The number of halogens is 1. The lowest BCUT2D eigenvalue weighted by molar-refractivity contribution is -0.142. The lowest BCUT2D eigenvalue weighted by atomic mass is 9.95. The maximum atomic E-state index is 12.7. The number of carbonyl (C=O) groups excluding carboxylic acids is 2. The summed E-state index contributed by atoms with van der Waals surface area (Å²) in [6, 6.07) is 1.72. The van der Waals surface area contributed by atoms with E-state index in [0.29, 0.717) is 17.9 Å². The van der Waals surface area contributed by atoms with Crippen molar-refractivity contribution >= 4 is 23.6 Å². The molecule has 1 saturated heterocycles. The third kappa shape index (κ3) is 4.12. The summed E-state index contributed by atoms with van der Waals surface area (Å²) in [6.45, 7) is 2.43. The van der Waals surface area contributed by atoms with Crippen LogP contribution in [-0.4, -0.2) is 43.5 Å². The molecule has 9 heteroatoms. The van der Waals surface area contributed by atoms with E-state index in [1.165, 1.54) is 19.2 Å². The molecule has 8 nitrogen and oxygen atoms in total. The first-order chi connectivity index (χ1) is 12.9. The molecule has 146 valence electrons. The topological polar surface area (TPSA) is 106 Å². The third-order valence-corrected chi connectivity index (χ3v) is 4.81. The molecule has 0 radical (unpaired) electrons. The minimum atomic E-state index is -0.803. The predicted octanol–water partition coefficient (Wildman–Crippen LogP) is 2.40. The quantitative estimate of drug-likeness (QED) is 0.660. The van der Waals surface area contributed by atoms with Gasteiger partial charge < -0.3 is 30.0 Å². The molecule has 0 saturated carbocycles. The highest BCUT2D eigenvalue weighted by Gasteiger charge is 2.33. The van der Waals surface area contributed by atoms with Gasteiger partial charge >= 0.3 is 12.0 Å². The Labute approximate surface area is 161 Å². The molecule has 0 unspecified atom stereocenters. The maximum Gasteiger partial charge on any atom is 0.338 e. The van der Waals surface area contributed by atoms with E-state index < -0.39 is 18.0 Å². The Morgan fingerprint density at radius 1 is 1.44 bits per heavy atom. The number of phenols is 1. The molecule has 0 spiro atoms. The molecule has 27 heavy (non-hydrogen) atoms. The van der Waals surface area contributed by atoms with Crippen molar-refractivity contribution in [2.24, 2.45) is 0 Å². The number of rotatable bonds is 5. The fourth-order valence-corrected chi connectivity index (χ4v) is 3.37. The summed E-state index contributed by atoms with van der Waals surface area (Å²) in [5, 5.41) is 15.2. The molecule has 2 aliphatic rings. The second-order valence-electron chi connectivity index (χ2n) is 6.36. The second kappa shape index (κ2) is 8.06. The van der Waals surface area contributed by atoms with E-state index in [-0.39, 0.29) is 34.8 Å². The van der Waals surface area contributed by atoms with Gasteiger partial charge in [0, 0.05) is 12.3 Å². The molecule has 0 bridgehead atoms. The Balaban J connectivity index is 1.89. The van der Waals surface area contributed by atoms with Crippen molar-refractivity contribution in [3.63, 3.8) is 0 Å². The Morgan fingerprint density at radius 2 is 2.22 bits per heavy atom. The molecule has 1 fully saturated rings. The van der Waals surface area contributed by atoms with Crippen molar-refractivity contribution in [3.8, 4) is 11.5 Å². The molecular weight excluding hydrogens is 376 g/mol. The minimum absolute atomic E-state index is 0.0434. The van der Waals surface area contributed by atoms with Gasteiger partial charge in [0.05, 0.1) is 29.9 Å². The first-order valence-corrected chi connectivity index (χ1v) is 8.92. The first kappa shape index (κ1) is 19.3. The van der Waals surface area contributed by atoms with Gasteiger partial charge in [0.25, 0.3) is 0 Å². The van der Waals surface area contributed by atoms with Gasteiger partial charge in [-0.05, 0) is 37.5 Å². The van der Waals surface area contributed by atoms with E-state index in [4.69, 9.17) is 25.8 Å². The number of hydrogen-bond acceptors (Lipinski definition) is 6. The van der Waals surface area contributed by atoms with Gasteiger partial charge in [-0.15, -0.1) is 0 Å². The van der Waals surface area contributed by atoms with Crippen LogP contribution in [-0.2, 0) is 14.3 Å². The standard InChI is InChI=1S/C18H21ClN2O6/c1-9-14(17(23)27-8-11-4-3-5-26-11)15(21-18(24)20-9)10-6-12(19)16(22)13(7-10)25-2/h6-7,11,15,22H,3-5,8H2,1-2H3,(H2,20,21,24)/t11-,15-/m1/s1. The Hall–Kier alpha value is -2.45. The molecule has 2 amide bonds. The minimum Gasteiger partial charge on any atom is -0.503 e. The normalized spacial score (nSPS) is 22.3. The van der Waals surface area contributed by atoms with Crippen LogP contribution in [0.15, 0.2) is 23.4 Å². The molecule has 1 aromatic rings. The summed E-state index contributed by atoms with van der Waals surface area (Å²) >= 11 is 6.06. The first-order valence-electron chi connectivity index (χ1n) is 8.54. The van der Waals surface area contributed by atoms with E-state index in [9.17, 15) is 14.7 Å². The van der Waals surface area contributed by atoms with Crippen molar-refractivity contribution in [2.45, 2.75) is 31.9 Å². The number of esters is 1. The Morgan fingerprint density at radius 3 is 2.89 bits per heavy atom. The van der Waals surface area contributed by atoms with Crippen molar-refractivity contribution in [1.29, 1.82) is 0 Å². The monoisotopic (exact) mass is 396 g/mol. The average molecular weight is 397 g/mol. The van der Waals surface area contributed by atoms with Gasteiger partial charge in [-0.2, -0.15) is 0 Å². The Kier molecular flexibility index (Phi) is 5.76. The molecule has 2 atom stereocenters. The van der Waals surface area contributed by atoms with E-state index >= 15 is 0 Å². The van der Waals surface area contributed by atoms with E-state index in [0.717, 1.165) is 12.8 Å². The number of nitrogens with one attached hydrogen (secondary N) is 2. The van der Waals surface area contributed by atoms with Gasteiger partial charge in [0.2, 0.25) is 0 Å². The third-order valence-electron chi connectivity index (χ3n) is 4.52. The zero-order chi connectivity index (χ0) is 19.6. The number of carbonyl (C=O) groups is 2. The van der Waals surface area contributed by atoms with Crippen LogP contribution in [0.3, 0.4) is 0 Å². The molecule has 0 aliphatic carbocycles. The number of benzene rings is 1. The smallest absolute Gasteiger partial charge is 0.338 e. The number of phenolic OH excluding ortho intramolecular Hbond substituents is 1. The van der Waals surface area contributed by atoms with Crippen LogP contribution in [0.4, 0.5) is 4.79 Å². The van der Waals surface area contributed by atoms with Crippen LogP contribution < -0.4 is 15.4 Å². The highest BCUT2D eigenvalue weighted by atomic mass is 35.5. The number of allylic oxidation sites excluding steroid dienone is 1.